The maximum atomic E-state index is 2.44. The minimum Gasteiger partial charge on any atom is -0.309 e. The third-order valence-corrected chi connectivity index (χ3v) is 18.1. The Morgan fingerprint density at radius 2 is 0.560 bits per heavy atom. The molecule has 0 amide bonds. The summed E-state index contributed by atoms with van der Waals surface area (Å²) in [6.45, 7) is 4.70. The minimum absolute atomic E-state index is 0.0101. The van der Waals surface area contributed by atoms with Crippen LogP contribution in [0.2, 0.25) is 0 Å². The maximum Gasteiger partial charge on any atom is 0.0541 e. The van der Waals surface area contributed by atoms with Gasteiger partial charge >= 0.3 is 0 Å². The van der Waals surface area contributed by atoms with Crippen molar-refractivity contribution >= 4 is 75.7 Å². The topological polar surface area (TPSA) is 4.93 Å². The number of aromatic nitrogens is 1. The van der Waals surface area contributed by atoms with Crippen molar-refractivity contribution in [3.63, 3.8) is 0 Å². The lowest BCUT2D eigenvalue weighted by Crippen LogP contribution is -2.14. The second-order valence-electron chi connectivity index (χ2n) is 23.0. The molecular formula is C83H57N. The first-order chi connectivity index (χ1) is 41.5. The van der Waals surface area contributed by atoms with Crippen molar-refractivity contribution in [2.45, 2.75) is 19.3 Å². The average molecular weight is 1070 g/mol. The SMILES string of the molecule is CC1(C)c2ccccc2-c2cc(-c3c4ccccc4c(-c4ccc(-n5c6ccccc6c6ccccc65)cc4)c4ccccc34)ccc21.c1ccc(-c2ccc(-c3c4ccccc4c(-c4ccccc4)c4ccccc34)c3ccccc23)cc1. The monoisotopic (exact) mass is 1070 g/mol. The van der Waals surface area contributed by atoms with Crippen LogP contribution < -0.4 is 0 Å². The van der Waals surface area contributed by atoms with Gasteiger partial charge in [-0.25, -0.2) is 0 Å². The van der Waals surface area contributed by atoms with Crippen molar-refractivity contribution < 1.29 is 0 Å². The van der Waals surface area contributed by atoms with Crippen molar-refractivity contribution in [2.24, 2.45) is 0 Å². The summed E-state index contributed by atoms with van der Waals surface area (Å²) in [6.07, 6.45) is 0. The van der Waals surface area contributed by atoms with Crippen molar-refractivity contribution in [3.05, 3.63) is 321 Å². The molecular weight excluding hydrogens is 1010 g/mol. The summed E-state index contributed by atoms with van der Waals surface area (Å²) in [5.41, 5.74) is 21.9. The summed E-state index contributed by atoms with van der Waals surface area (Å²) in [4.78, 5) is 0. The molecule has 0 bridgehead atoms. The molecule has 1 heterocycles. The molecule has 1 aromatic heterocycles. The molecule has 0 N–H and O–H groups in total. The van der Waals surface area contributed by atoms with E-state index in [1.165, 1.54) is 159 Å². The van der Waals surface area contributed by atoms with E-state index in [0.29, 0.717) is 0 Å². The number of fused-ring (bicyclic) bond motifs is 11. The Morgan fingerprint density at radius 1 is 0.214 bits per heavy atom. The molecule has 0 radical (unpaired) electrons. The van der Waals surface area contributed by atoms with Gasteiger partial charge in [-0.1, -0.05) is 293 Å². The van der Waals surface area contributed by atoms with E-state index in [9.17, 15) is 0 Å². The summed E-state index contributed by atoms with van der Waals surface area (Å²) >= 11 is 0. The predicted molar refractivity (Wildman–Crippen MR) is 359 cm³/mol. The quantitative estimate of drug-likeness (QED) is 0.146. The van der Waals surface area contributed by atoms with Gasteiger partial charge in [-0.05, 0) is 162 Å². The van der Waals surface area contributed by atoms with E-state index in [0.717, 1.165) is 0 Å². The normalized spacial score (nSPS) is 12.5. The Hall–Kier alpha value is -10.6. The number of hydrogen-bond donors (Lipinski definition) is 0. The van der Waals surface area contributed by atoms with Gasteiger partial charge in [0, 0.05) is 21.9 Å². The molecule has 394 valence electrons. The van der Waals surface area contributed by atoms with Crippen LogP contribution in [0.4, 0.5) is 0 Å². The largest absolute Gasteiger partial charge is 0.309 e. The van der Waals surface area contributed by atoms with Crippen LogP contribution in [0.25, 0.3) is 148 Å². The molecule has 15 aromatic carbocycles. The van der Waals surface area contributed by atoms with E-state index < -0.39 is 0 Å². The first-order valence-electron chi connectivity index (χ1n) is 29.3. The Kier molecular flexibility index (Phi) is 11.6. The molecule has 0 fully saturated rings. The van der Waals surface area contributed by atoms with Gasteiger partial charge in [0.15, 0.2) is 0 Å². The number of para-hydroxylation sites is 2. The number of nitrogens with zero attached hydrogens (tertiary/aromatic N) is 1. The second-order valence-corrected chi connectivity index (χ2v) is 23.0. The first-order valence-corrected chi connectivity index (χ1v) is 29.3. The standard InChI is InChI=1S/C47H33N.C36H24/c1-47(2)41-20-10-7-13-33(41)40-29-31(25-28-42(40)47)46-38-18-5-3-16-36(38)45(37-17-4-6-19-39(37)46)30-23-26-32(27-24-30)48-43-21-11-8-14-34(43)35-15-9-12-22-44(35)48;1-3-13-25(14-4-1)27-23-24-34(29-18-8-7-17-28(27)29)36-32-21-11-9-19-30(32)35(26-15-5-2-6-16-26)31-20-10-12-22-33(31)36/h3-29H,1-2H3;1-24H. The molecule has 84 heavy (non-hydrogen) atoms. The molecule has 0 spiro atoms. The molecule has 0 atom stereocenters. The average Bonchev–Trinajstić information content (AvgIpc) is 1.59. The number of benzene rings is 15. The highest BCUT2D eigenvalue weighted by Gasteiger charge is 2.35. The summed E-state index contributed by atoms with van der Waals surface area (Å²) < 4.78 is 2.39. The minimum atomic E-state index is -0.0101. The summed E-state index contributed by atoms with van der Waals surface area (Å²) in [7, 11) is 0. The van der Waals surface area contributed by atoms with Crippen LogP contribution in [0, 0.1) is 0 Å². The molecule has 0 aliphatic heterocycles. The van der Waals surface area contributed by atoms with Crippen molar-refractivity contribution in [3.8, 4) is 72.4 Å². The van der Waals surface area contributed by atoms with Gasteiger partial charge in [0.1, 0.15) is 0 Å². The number of hydrogen-bond acceptors (Lipinski definition) is 0. The molecule has 16 aromatic rings. The molecule has 1 heteroatoms. The maximum absolute atomic E-state index is 2.44. The van der Waals surface area contributed by atoms with Gasteiger partial charge in [0.25, 0.3) is 0 Å². The van der Waals surface area contributed by atoms with Crippen molar-refractivity contribution in [1.82, 2.24) is 4.57 Å². The molecule has 1 aliphatic carbocycles. The lowest BCUT2D eigenvalue weighted by Gasteiger charge is -2.22. The third-order valence-electron chi connectivity index (χ3n) is 18.1. The van der Waals surface area contributed by atoms with Crippen LogP contribution in [0.3, 0.4) is 0 Å². The lowest BCUT2D eigenvalue weighted by molar-refractivity contribution is 0.660. The Balaban J connectivity index is 0.000000143. The van der Waals surface area contributed by atoms with Crippen LogP contribution in [-0.4, -0.2) is 4.57 Å². The fraction of sp³-hybridized carbons (Fsp3) is 0.0361. The lowest BCUT2D eigenvalue weighted by atomic mass is 9.81. The van der Waals surface area contributed by atoms with Crippen LogP contribution in [0.5, 0.6) is 0 Å². The van der Waals surface area contributed by atoms with Gasteiger partial charge in [-0.15, -0.1) is 0 Å². The van der Waals surface area contributed by atoms with Crippen molar-refractivity contribution in [2.75, 3.05) is 0 Å². The van der Waals surface area contributed by atoms with Crippen LogP contribution in [0.15, 0.2) is 309 Å². The Labute approximate surface area is 489 Å². The molecule has 1 aliphatic rings. The Morgan fingerprint density at radius 3 is 1.07 bits per heavy atom. The van der Waals surface area contributed by atoms with Gasteiger partial charge in [-0.3, -0.25) is 0 Å². The molecule has 0 saturated carbocycles. The summed E-state index contributed by atoms with van der Waals surface area (Å²) in [5, 5.41) is 15.4. The first kappa shape index (κ1) is 49.2. The second kappa shape index (κ2) is 19.8. The summed E-state index contributed by atoms with van der Waals surface area (Å²) in [5.74, 6) is 0. The summed E-state index contributed by atoms with van der Waals surface area (Å²) in [6, 6.07) is 113. The molecule has 17 rings (SSSR count). The van der Waals surface area contributed by atoms with Gasteiger partial charge < -0.3 is 4.57 Å². The van der Waals surface area contributed by atoms with Crippen LogP contribution in [0.1, 0.15) is 25.0 Å². The molecule has 0 unspecified atom stereocenters. The third kappa shape index (κ3) is 7.77. The van der Waals surface area contributed by atoms with E-state index in [1.54, 1.807) is 0 Å². The fourth-order valence-corrected chi connectivity index (χ4v) is 14.3. The molecule has 1 nitrogen and oxygen atoms in total. The predicted octanol–water partition coefficient (Wildman–Crippen LogP) is 22.9. The zero-order valence-corrected chi connectivity index (χ0v) is 46.9. The molecule has 0 saturated heterocycles. The van der Waals surface area contributed by atoms with Gasteiger partial charge in [0.2, 0.25) is 0 Å². The van der Waals surface area contributed by atoms with E-state index in [2.05, 4.69) is 328 Å². The smallest absolute Gasteiger partial charge is 0.0541 e. The zero-order valence-electron chi connectivity index (χ0n) is 46.9. The van der Waals surface area contributed by atoms with Gasteiger partial charge in [0.05, 0.1) is 11.0 Å². The Bertz CT molecular complexity index is 5090. The van der Waals surface area contributed by atoms with Crippen LogP contribution >= 0.6 is 0 Å². The highest BCUT2D eigenvalue weighted by molar-refractivity contribution is 6.25. The fourth-order valence-electron chi connectivity index (χ4n) is 14.3. The highest BCUT2D eigenvalue weighted by atomic mass is 15.0. The highest BCUT2D eigenvalue weighted by Crippen LogP contribution is 2.52. The van der Waals surface area contributed by atoms with E-state index >= 15 is 0 Å². The van der Waals surface area contributed by atoms with E-state index in [1.807, 2.05) is 0 Å². The van der Waals surface area contributed by atoms with Gasteiger partial charge in [-0.2, -0.15) is 0 Å². The van der Waals surface area contributed by atoms with E-state index in [-0.39, 0.29) is 5.41 Å². The number of rotatable bonds is 6. The van der Waals surface area contributed by atoms with Crippen molar-refractivity contribution in [1.29, 1.82) is 0 Å². The van der Waals surface area contributed by atoms with Crippen LogP contribution in [-0.2, 0) is 5.41 Å². The van der Waals surface area contributed by atoms with E-state index in [4.69, 9.17) is 0 Å². The zero-order chi connectivity index (χ0) is 55.9.